The predicted octanol–water partition coefficient (Wildman–Crippen LogP) is 2.86. The van der Waals surface area contributed by atoms with E-state index in [0.29, 0.717) is 19.4 Å². The van der Waals surface area contributed by atoms with Gasteiger partial charge in [-0.1, -0.05) is 31.0 Å². The lowest BCUT2D eigenvalue weighted by atomic mass is 9.78. The van der Waals surface area contributed by atoms with Crippen molar-refractivity contribution in [1.82, 2.24) is 0 Å². The Bertz CT molecular complexity index is 555. The lowest BCUT2D eigenvalue weighted by Crippen LogP contribution is -2.44. The fraction of sp³-hybridized carbons (Fsp3) is 0.529. The number of carbonyl (C=O) groups excluding carboxylic acids is 1. The Morgan fingerprint density at radius 2 is 1.76 bits per heavy atom. The first kappa shape index (κ1) is 14.1. The quantitative estimate of drug-likeness (QED) is 0.910. The number of aryl methyl sites for hydroxylation is 1. The molecule has 1 aliphatic heterocycles. The number of carboxylic acid groups (broad SMARTS) is 1. The van der Waals surface area contributed by atoms with Gasteiger partial charge < -0.3 is 10.0 Å². The highest BCUT2D eigenvalue weighted by Crippen LogP contribution is 2.35. The molecule has 1 aliphatic carbocycles. The molecule has 2 atom stereocenters. The first-order valence-electron chi connectivity index (χ1n) is 7.80. The monoisotopic (exact) mass is 287 g/mol. The van der Waals surface area contributed by atoms with Crippen molar-refractivity contribution in [1.29, 1.82) is 0 Å². The Labute approximate surface area is 124 Å². The van der Waals surface area contributed by atoms with Crippen LogP contribution >= 0.6 is 0 Å². The number of hydrogen-bond donors (Lipinski definition) is 1. The molecule has 4 nitrogen and oxygen atoms in total. The summed E-state index contributed by atoms with van der Waals surface area (Å²) in [5.74, 6) is -1.68. The highest BCUT2D eigenvalue weighted by atomic mass is 16.4. The molecule has 0 spiro atoms. The van der Waals surface area contributed by atoms with Gasteiger partial charge in [0.1, 0.15) is 0 Å². The largest absolute Gasteiger partial charge is 0.481 e. The van der Waals surface area contributed by atoms with Crippen LogP contribution in [0.15, 0.2) is 24.3 Å². The van der Waals surface area contributed by atoms with Crippen molar-refractivity contribution in [2.75, 3.05) is 11.4 Å². The van der Waals surface area contributed by atoms with Crippen LogP contribution < -0.4 is 4.90 Å². The van der Waals surface area contributed by atoms with Gasteiger partial charge in [0.15, 0.2) is 0 Å². The maximum atomic E-state index is 12.9. The number of hydrogen-bond acceptors (Lipinski definition) is 2. The average Bonchev–Trinajstić information content (AvgIpc) is 2.53. The highest BCUT2D eigenvalue weighted by Gasteiger charge is 2.38. The van der Waals surface area contributed by atoms with Crippen LogP contribution in [0.1, 0.15) is 37.7 Å². The number of fused-ring (bicyclic) bond motifs is 1. The van der Waals surface area contributed by atoms with Crippen LogP contribution in [-0.2, 0) is 16.0 Å². The molecule has 3 rings (SSSR count). The first-order chi connectivity index (χ1) is 10.2. The number of carbonyl (C=O) groups is 2. The third-order valence-corrected chi connectivity index (χ3v) is 4.78. The fourth-order valence-corrected chi connectivity index (χ4v) is 3.68. The summed E-state index contributed by atoms with van der Waals surface area (Å²) in [6, 6.07) is 7.97. The minimum Gasteiger partial charge on any atom is -0.481 e. The van der Waals surface area contributed by atoms with Gasteiger partial charge in [-0.3, -0.25) is 9.59 Å². The summed E-state index contributed by atoms with van der Waals surface area (Å²) in [5.41, 5.74) is 2.17. The second-order valence-corrected chi connectivity index (χ2v) is 6.06. The zero-order chi connectivity index (χ0) is 14.8. The molecule has 0 saturated heterocycles. The van der Waals surface area contributed by atoms with E-state index in [9.17, 15) is 14.7 Å². The molecule has 1 fully saturated rings. The van der Waals surface area contributed by atoms with Gasteiger partial charge in [0.05, 0.1) is 11.8 Å². The topological polar surface area (TPSA) is 57.6 Å². The smallest absolute Gasteiger partial charge is 0.307 e. The Kier molecular flexibility index (Phi) is 3.95. The normalized spacial score (nSPS) is 25.2. The SMILES string of the molecule is O=C(O)[C@@H]1CCCC[C@H]1C(=O)N1CCCc2ccccc21. The molecule has 112 valence electrons. The van der Waals surface area contributed by atoms with Crippen LogP contribution in [0.5, 0.6) is 0 Å². The van der Waals surface area contributed by atoms with Gasteiger partial charge in [-0.05, 0) is 37.3 Å². The Hall–Kier alpha value is -1.84. The second-order valence-electron chi connectivity index (χ2n) is 6.06. The van der Waals surface area contributed by atoms with E-state index in [4.69, 9.17) is 0 Å². The molecule has 4 heteroatoms. The van der Waals surface area contributed by atoms with Crippen molar-refractivity contribution in [3.63, 3.8) is 0 Å². The van der Waals surface area contributed by atoms with Crippen LogP contribution in [0.4, 0.5) is 5.69 Å². The van der Waals surface area contributed by atoms with Crippen molar-refractivity contribution in [3.8, 4) is 0 Å². The third kappa shape index (κ3) is 2.67. The number of nitrogens with zero attached hydrogens (tertiary/aromatic N) is 1. The Balaban J connectivity index is 1.86. The fourth-order valence-electron chi connectivity index (χ4n) is 3.68. The van der Waals surface area contributed by atoms with Crippen molar-refractivity contribution in [2.24, 2.45) is 11.8 Å². The molecule has 0 aromatic heterocycles. The predicted molar refractivity (Wildman–Crippen MR) is 80.2 cm³/mol. The maximum absolute atomic E-state index is 12.9. The molecule has 1 amide bonds. The van der Waals surface area contributed by atoms with Crippen LogP contribution in [0.25, 0.3) is 0 Å². The molecule has 1 heterocycles. The maximum Gasteiger partial charge on any atom is 0.307 e. The van der Waals surface area contributed by atoms with Crippen LogP contribution in [0.3, 0.4) is 0 Å². The number of aliphatic carboxylic acids is 1. The van der Waals surface area contributed by atoms with Crippen LogP contribution in [0, 0.1) is 11.8 Å². The van der Waals surface area contributed by atoms with Gasteiger partial charge >= 0.3 is 5.97 Å². The standard InChI is InChI=1S/C17H21NO3/c19-16(13-8-2-3-9-14(13)17(20)21)18-11-5-7-12-6-1-4-10-15(12)18/h1,4,6,10,13-14H,2-3,5,7-9,11H2,(H,20,21)/t13-,14-/m1/s1. The van der Waals surface area contributed by atoms with Gasteiger partial charge in [-0.15, -0.1) is 0 Å². The first-order valence-corrected chi connectivity index (χ1v) is 7.80. The molecular formula is C17H21NO3. The van der Waals surface area contributed by atoms with E-state index in [1.807, 2.05) is 23.1 Å². The summed E-state index contributed by atoms with van der Waals surface area (Å²) in [5, 5.41) is 9.38. The molecule has 1 saturated carbocycles. The second kappa shape index (κ2) is 5.88. The van der Waals surface area contributed by atoms with Gasteiger partial charge in [-0.25, -0.2) is 0 Å². The number of para-hydroxylation sites is 1. The number of amides is 1. The van der Waals surface area contributed by atoms with Crippen molar-refractivity contribution < 1.29 is 14.7 Å². The third-order valence-electron chi connectivity index (χ3n) is 4.78. The molecule has 0 unspecified atom stereocenters. The lowest BCUT2D eigenvalue weighted by Gasteiger charge is -2.35. The molecule has 21 heavy (non-hydrogen) atoms. The lowest BCUT2D eigenvalue weighted by molar-refractivity contribution is -0.148. The summed E-state index contributed by atoms with van der Waals surface area (Å²) in [4.78, 5) is 26.1. The van der Waals surface area contributed by atoms with E-state index < -0.39 is 11.9 Å². The molecule has 0 radical (unpaired) electrons. The Morgan fingerprint density at radius 1 is 1.05 bits per heavy atom. The summed E-state index contributed by atoms with van der Waals surface area (Å²) >= 11 is 0. The van der Waals surface area contributed by atoms with Gasteiger partial charge in [-0.2, -0.15) is 0 Å². The summed E-state index contributed by atoms with van der Waals surface area (Å²) in [6.07, 6.45) is 5.14. The van der Waals surface area contributed by atoms with Crippen LogP contribution in [-0.4, -0.2) is 23.5 Å². The van der Waals surface area contributed by atoms with Crippen LogP contribution in [0.2, 0.25) is 0 Å². The Morgan fingerprint density at radius 3 is 2.52 bits per heavy atom. The molecule has 2 aliphatic rings. The van der Waals surface area contributed by atoms with Gasteiger partial charge in [0.25, 0.3) is 0 Å². The summed E-state index contributed by atoms with van der Waals surface area (Å²) < 4.78 is 0. The molecule has 1 N–H and O–H groups in total. The average molecular weight is 287 g/mol. The van der Waals surface area contributed by atoms with Crippen molar-refractivity contribution >= 4 is 17.6 Å². The molecule has 0 bridgehead atoms. The number of anilines is 1. The summed E-state index contributed by atoms with van der Waals surface area (Å²) in [7, 11) is 0. The molecule has 1 aromatic rings. The zero-order valence-electron chi connectivity index (χ0n) is 12.1. The van der Waals surface area contributed by atoms with E-state index >= 15 is 0 Å². The van der Waals surface area contributed by atoms with E-state index in [0.717, 1.165) is 31.4 Å². The number of benzene rings is 1. The minimum absolute atomic E-state index is 0.00856. The van der Waals surface area contributed by atoms with E-state index in [1.54, 1.807) is 0 Å². The zero-order valence-corrected chi connectivity index (χ0v) is 12.1. The summed E-state index contributed by atoms with van der Waals surface area (Å²) in [6.45, 7) is 0.707. The van der Waals surface area contributed by atoms with Gasteiger partial charge in [0, 0.05) is 12.2 Å². The van der Waals surface area contributed by atoms with Gasteiger partial charge in [0.2, 0.25) is 5.91 Å². The number of carboxylic acids is 1. The van der Waals surface area contributed by atoms with Crippen molar-refractivity contribution in [2.45, 2.75) is 38.5 Å². The highest BCUT2D eigenvalue weighted by molar-refractivity contribution is 5.98. The van der Waals surface area contributed by atoms with E-state index in [-0.39, 0.29) is 11.8 Å². The van der Waals surface area contributed by atoms with Crippen molar-refractivity contribution in [3.05, 3.63) is 29.8 Å². The minimum atomic E-state index is -0.821. The van der Waals surface area contributed by atoms with E-state index in [2.05, 4.69) is 6.07 Å². The van der Waals surface area contributed by atoms with E-state index in [1.165, 1.54) is 5.56 Å². The number of rotatable bonds is 2. The molecular weight excluding hydrogens is 266 g/mol. The molecule has 1 aromatic carbocycles.